The molecule has 1 N–H and O–H groups in total. The Bertz CT molecular complexity index is 476. The number of methoxy groups -OCH3 is 1. The van der Waals surface area contributed by atoms with Crippen molar-refractivity contribution in [3.8, 4) is 11.8 Å². The number of nitriles is 1. The van der Waals surface area contributed by atoms with Gasteiger partial charge in [-0.1, -0.05) is 0 Å². The molecule has 2 rings (SSSR count). The van der Waals surface area contributed by atoms with E-state index in [1.807, 2.05) is 12.1 Å². The highest BCUT2D eigenvalue weighted by Crippen LogP contribution is 2.28. The van der Waals surface area contributed by atoms with Gasteiger partial charge in [0.15, 0.2) is 0 Å². The van der Waals surface area contributed by atoms with E-state index in [4.69, 9.17) is 10.00 Å². The van der Waals surface area contributed by atoms with Crippen LogP contribution in [0.3, 0.4) is 0 Å². The third kappa shape index (κ3) is 3.46. The predicted octanol–water partition coefficient (Wildman–Crippen LogP) is 1.77. The van der Waals surface area contributed by atoms with Crippen LogP contribution in [0.15, 0.2) is 18.2 Å². The Morgan fingerprint density at radius 3 is 2.79 bits per heavy atom. The number of benzene rings is 1. The molecule has 0 unspecified atom stereocenters. The van der Waals surface area contributed by atoms with Gasteiger partial charge in [0.05, 0.1) is 24.8 Å². The summed E-state index contributed by atoms with van der Waals surface area (Å²) in [7, 11) is 3.70. The van der Waals surface area contributed by atoms with Crippen molar-refractivity contribution in [3.05, 3.63) is 29.3 Å². The zero-order valence-electron chi connectivity index (χ0n) is 11.5. The van der Waals surface area contributed by atoms with Gasteiger partial charge in [0.1, 0.15) is 5.75 Å². The lowest BCUT2D eigenvalue weighted by atomic mass is 9.82. The zero-order chi connectivity index (χ0) is 13.8. The van der Waals surface area contributed by atoms with Crippen molar-refractivity contribution >= 4 is 0 Å². The molecule has 0 heterocycles. The van der Waals surface area contributed by atoms with Gasteiger partial charge in [0.2, 0.25) is 0 Å². The lowest BCUT2D eigenvalue weighted by molar-refractivity contribution is 0.0273. The monoisotopic (exact) mass is 260 g/mol. The van der Waals surface area contributed by atoms with Gasteiger partial charge in [-0.15, -0.1) is 0 Å². The molecule has 1 aromatic carbocycles. The van der Waals surface area contributed by atoms with Crippen LogP contribution in [-0.2, 0) is 6.54 Å². The molecular weight excluding hydrogens is 240 g/mol. The highest BCUT2D eigenvalue weighted by Gasteiger charge is 2.27. The maximum Gasteiger partial charge on any atom is 0.123 e. The van der Waals surface area contributed by atoms with Gasteiger partial charge in [0, 0.05) is 18.7 Å². The van der Waals surface area contributed by atoms with Gasteiger partial charge in [-0.25, -0.2) is 0 Å². The van der Waals surface area contributed by atoms with Crippen LogP contribution in [0.1, 0.15) is 24.0 Å². The molecule has 0 bridgehead atoms. The second-order valence-electron chi connectivity index (χ2n) is 5.33. The quantitative estimate of drug-likeness (QED) is 0.876. The smallest absolute Gasteiger partial charge is 0.123 e. The standard InChI is InChI=1S/C15H20N2O2/c1-17(9-12-6-14(18)7-12)10-13-5-11(8-16)3-4-15(13)19-2/h3-5,12,14,18H,6-7,9-10H2,1-2H3. The van der Waals surface area contributed by atoms with Crippen molar-refractivity contribution in [1.82, 2.24) is 4.90 Å². The Balaban J connectivity index is 1.99. The van der Waals surface area contributed by atoms with E-state index in [0.29, 0.717) is 11.5 Å². The fraction of sp³-hybridized carbons (Fsp3) is 0.533. The fourth-order valence-electron chi connectivity index (χ4n) is 2.62. The van der Waals surface area contributed by atoms with E-state index in [2.05, 4.69) is 18.0 Å². The highest BCUT2D eigenvalue weighted by atomic mass is 16.5. The lowest BCUT2D eigenvalue weighted by Gasteiger charge is -2.34. The van der Waals surface area contributed by atoms with E-state index in [0.717, 1.165) is 37.2 Å². The van der Waals surface area contributed by atoms with Crippen LogP contribution >= 0.6 is 0 Å². The van der Waals surface area contributed by atoms with Crippen LogP contribution in [0.2, 0.25) is 0 Å². The summed E-state index contributed by atoms with van der Waals surface area (Å²) < 4.78 is 5.33. The van der Waals surface area contributed by atoms with Gasteiger partial charge in [-0.3, -0.25) is 0 Å². The molecule has 1 saturated carbocycles. The Hall–Kier alpha value is -1.57. The molecule has 4 heteroatoms. The molecular formula is C15H20N2O2. The number of hydrogen-bond acceptors (Lipinski definition) is 4. The maximum atomic E-state index is 9.30. The van der Waals surface area contributed by atoms with E-state index < -0.39 is 0 Å². The van der Waals surface area contributed by atoms with Crippen molar-refractivity contribution in [3.63, 3.8) is 0 Å². The summed E-state index contributed by atoms with van der Waals surface area (Å²) in [4.78, 5) is 2.22. The summed E-state index contributed by atoms with van der Waals surface area (Å²) in [5.74, 6) is 1.41. The van der Waals surface area contributed by atoms with Gasteiger partial charge >= 0.3 is 0 Å². The Kier molecular flexibility index (Phi) is 4.41. The molecule has 0 aromatic heterocycles. The first-order valence-corrected chi connectivity index (χ1v) is 6.56. The first-order valence-electron chi connectivity index (χ1n) is 6.56. The average Bonchev–Trinajstić information content (AvgIpc) is 2.36. The van der Waals surface area contributed by atoms with Crippen LogP contribution in [0, 0.1) is 17.2 Å². The van der Waals surface area contributed by atoms with Crippen molar-refractivity contribution in [2.24, 2.45) is 5.92 Å². The molecule has 1 fully saturated rings. The number of ether oxygens (including phenoxy) is 1. The number of hydrogen-bond donors (Lipinski definition) is 1. The highest BCUT2D eigenvalue weighted by molar-refractivity contribution is 5.42. The minimum absolute atomic E-state index is 0.102. The molecule has 19 heavy (non-hydrogen) atoms. The second kappa shape index (κ2) is 6.05. The topological polar surface area (TPSA) is 56.5 Å². The van der Waals surface area contributed by atoms with Gasteiger partial charge < -0.3 is 14.7 Å². The molecule has 0 spiro atoms. The molecule has 4 nitrogen and oxygen atoms in total. The minimum atomic E-state index is -0.102. The molecule has 1 aliphatic rings. The summed E-state index contributed by atoms with van der Waals surface area (Å²) in [5, 5.41) is 18.2. The molecule has 0 atom stereocenters. The minimum Gasteiger partial charge on any atom is -0.496 e. The Morgan fingerprint density at radius 2 is 2.21 bits per heavy atom. The Labute approximate surface area is 114 Å². The summed E-state index contributed by atoms with van der Waals surface area (Å²) >= 11 is 0. The molecule has 0 aliphatic heterocycles. The van der Waals surface area contributed by atoms with E-state index in [1.54, 1.807) is 13.2 Å². The van der Waals surface area contributed by atoms with Crippen molar-refractivity contribution in [1.29, 1.82) is 5.26 Å². The van der Waals surface area contributed by atoms with E-state index in [9.17, 15) is 5.11 Å². The predicted molar refractivity (Wildman–Crippen MR) is 72.8 cm³/mol. The number of aliphatic hydroxyl groups is 1. The average molecular weight is 260 g/mol. The van der Waals surface area contributed by atoms with Crippen molar-refractivity contribution in [2.75, 3.05) is 20.7 Å². The van der Waals surface area contributed by atoms with Gasteiger partial charge in [0.25, 0.3) is 0 Å². The van der Waals surface area contributed by atoms with Gasteiger partial charge in [-0.2, -0.15) is 5.26 Å². The summed E-state index contributed by atoms with van der Waals surface area (Å²) in [5.41, 5.74) is 1.69. The summed E-state index contributed by atoms with van der Waals surface area (Å²) in [6.45, 7) is 1.72. The normalized spacial score (nSPS) is 21.8. The molecule has 1 aromatic rings. The molecule has 0 radical (unpaired) electrons. The van der Waals surface area contributed by atoms with Crippen molar-refractivity contribution < 1.29 is 9.84 Å². The third-order valence-electron chi connectivity index (χ3n) is 3.63. The van der Waals surface area contributed by atoms with Crippen LogP contribution in [0.5, 0.6) is 5.75 Å². The van der Waals surface area contributed by atoms with Crippen LogP contribution in [-0.4, -0.2) is 36.8 Å². The zero-order valence-corrected chi connectivity index (χ0v) is 11.5. The first-order chi connectivity index (χ1) is 9.12. The molecule has 102 valence electrons. The maximum absolute atomic E-state index is 9.30. The lowest BCUT2D eigenvalue weighted by Crippen LogP contribution is -2.36. The van der Waals surface area contributed by atoms with Crippen molar-refractivity contribution in [2.45, 2.75) is 25.5 Å². The SMILES string of the molecule is COc1ccc(C#N)cc1CN(C)CC1CC(O)C1. The van der Waals surface area contributed by atoms with Gasteiger partial charge in [-0.05, 0) is 44.0 Å². The van der Waals surface area contributed by atoms with Crippen LogP contribution in [0.4, 0.5) is 0 Å². The van der Waals surface area contributed by atoms with Crippen LogP contribution in [0.25, 0.3) is 0 Å². The van der Waals surface area contributed by atoms with E-state index in [1.165, 1.54) is 0 Å². The summed E-state index contributed by atoms with van der Waals surface area (Å²) in [6.07, 6.45) is 1.70. The molecule has 0 saturated heterocycles. The van der Waals surface area contributed by atoms with E-state index >= 15 is 0 Å². The largest absolute Gasteiger partial charge is 0.496 e. The van der Waals surface area contributed by atoms with Crippen LogP contribution < -0.4 is 4.74 Å². The third-order valence-corrected chi connectivity index (χ3v) is 3.63. The van der Waals surface area contributed by atoms with E-state index in [-0.39, 0.29) is 6.10 Å². The fourth-order valence-corrected chi connectivity index (χ4v) is 2.62. The second-order valence-corrected chi connectivity index (χ2v) is 5.33. The number of rotatable bonds is 5. The molecule has 1 aliphatic carbocycles. The summed E-state index contributed by atoms with van der Waals surface area (Å²) in [6, 6.07) is 7.64. The Morgan fingerprint density at radius 1 is 1.47 bits per heavy atom. The number of aliphatic hydroxyl groups excluding tert-OH is 1. The number of nitrogens with zero attached hydrogens (tertiary/aromatic N) is 2. The molecule has 0 amide bonds. The first kappa shape index (κ1) is 13.9.